The Morgan fingerprint density at radius 1 is 1.16 bits per heavy atom. The van der Waals surface area contributed by atoms with Gasteiger partial charge in [-0.05, 0) is 30.9 Å². The Balaban J connectivity index is 2.00. The second-order valence-electron chi connectivity index (χ2n) is 5.24. The first kappa shape index (κ1) is 12.9. The van der Waals surface area contributed by atoms with Crippen LogP contribution in [0, 0.1) is 0 Å². The van der Waals surface area contributed by atoms with E-state index in [0.29, 0.717) is 19.6 Å². The molecule has 1 atom stereocenters. The lowest BCUT2D eigenvalue weighted by Crippen LogP contribution is -2.51. The lowest BCUT2D eigenvalue weighted by atomic mass is 10.0. The fourth-order valence-electron chi connectivity index (χ4n) is 2.86. The Hall–Kier alpha value is -1.11. The molecule has 0 bridgehead atoms. The molecule has 0 aromatic heterocycles. The monoisotopic (exact) mass is 281 g/mol. The van der Waals surface area contributed by atoms with E-state index in [0.717, 1.165) is 30.5 Å². The van der Waals surface area contributed by atoms with Gasteiger partial charge in [0.25, 0.3) is 0 Å². The summed E-state index contributed by atoms with van der Waals surface area (Å²) in [6.07, 6.45) is 2.63. The molecule has 0 radical (unpaired) electrons. The van der Waals surface area contributed by atoms with E-state index in [4.69, 9.17) is 5.73 Å². The van der Waals surface area contributed by atoms with Crippen molar-refractivity contribution in [2.24, 2.45) is 5.73 Å². The van der Waals surface area contributed by atoms with Crippen molar-refractivity contribution in [1.82, 2.24) is 4.31 Å². The molecule has 2 aliphatic heterocycles. The molecule has 5 nitrogen and oxygen atoms in total. The van der Waals surface area contributed by atoms with Gasteiger partial charge in [0.15, 0.2) is 0 Å². The zero-order chi connectivity index (χ0) is 13.5. The van der Waals surface area contributed by atoms with Gasteiger partial charge in [0.1, 0.15) is 0 Å². The van der Waals surface area contributed by atoms with Crippen LogP contribution in [-0.4, -0.2) is 38.4 Å². The molecular formula is C13H19N3O2S. The third-order valence-electron chi connectivity index (χ3n) is 3.81. The van der Waals surface area contributed by atoms with E-state index < -0.39 is 10.2 Å². The molecule has 104 valence electrons. The normalized spacial score (nSPS) is 24.5. The number of benzene rings is 1. The fourth-order valence-corrected chi connectivity index (χ4v) is 4.67. The Morgan fingerprint density at radius 2 is 1.84 bits per heavy atom. The van der Waals surface area contributed by atoms with Crippen LogP contribution in [-0.2, 0) is 16.6 Å². The maximum Gasteiger partial charge on any atom is 0.304 e. The maximum atomic E-state index is 12.7. The fraction of sp³-hybridized carbons (Fsp3) is 0.538. The largest absolute Gasteiger partial charge is 0.326 e. The van der Waals surface area contributed by atoms with E-state index in [2.05, 4.69) is 0 Å². The average molecular weight is 281 g/mol. The number of nitrogens with zero attached hydrogens (tertiary/aromatic N) is 2. The smallest absolute Gasteiger partial charge is 0.304 e. The molecule has 1 saturated heterocycles. The highest BCUT2D eigenvalue weighted by Crippen LogP contribution is 2.30. The SMILES string of the molecule is NC1Cc2ccccc2N(S(=O)(=O)N2CCCC2)C1. The van der Waals surface area contributed by atoms with Crippen LogP contribution in [0.1, 0.15) is 18.4 Å². The van der Waals surface area contributed by atoms with Crippen molar-refractivity contribution >= 4 is 15.9 Å². The van der Waals surface area contributed by atoms with Gasteiger partial charge in [-0.25, -0.2) is 0 Å². The van der Waals surface area contributed by atoms with Crippen molar-refractivity contribution < 1.29 is 8.42 Å². The minimum atomic E-state index is -3.42. The number of hydrogen-bond acceptors (Lipinski definition) is 3. The van der Waals surface area contributed by atoms with E-state index in [1.54, 1.807) is 4.31 Å². The molecule has 2 aliphatic rings. The summed E-state index contributed by atoms with van der Waals surface area (Å²) in [5.41, 5.74) is 7.82. The first-order valence-electron chi connectivity index (χ1n) is 6.70. The first-order valence-corrected chi connectivity index (χ1v) is 8.10. The van der Waals surface area contributed by atoms with Crippen molar-refractivity contribution in [2.45, 2.75) is 25.3 Å². The second kappa shape index (κ2) is 4.77. The van der Waals surface area contributed by atoms with Crippen molar-refractivity contribution in [3.8, 4) is 0 Å². The van der Waals surface area contributed by atoms with Crippen LogP contribution in [0.3, 0.4) is 0 Å². The van der Waals surface area contributed by atoms with Crippen LogP contribution in [0.5, 0.6) is 0 Å². The minimum Gasteiger partial charge on any atom is -0.326 e. The Bertz CT molecular complexity index is 567. The predicted octanol–water partition coefficient (Wildman–Crippen LogP) is 0.717. The molecule has 1 unspecified atom stereocenters. The summed E-state index contributed by atoms with van der Waals surface area (Å²) in [7, 11) is -3.42. The Kier molecular flexibility index (Phi) is 3.24. The molecule has 2 heterocycles. The molecule has 1 aromatic rings. The quantitative estimate of drug-likeness (QED) is 0.868. The van der Waals surface area contributed by atoms with Gasteiger partial charge in [0, 0.05) is 19.1 Å². The Morgan fingerprint density at radius 3 is 2.58 bits per heavy atom. The van der Waals surface area contributed by atoms with Gasteiger partial charge in [0.2, 0.25) is 0 Å². The van der Waals surface area contributed by atoms with E-state index in [1.807, 2.05) is 24.3 Å². The minimum absolute atomic E-state index is 0.132. The van der Waals surface area contributed by atoms with Crippen LogP contribution in [0.25, 0.3) is 0 Å². The predicted molar refractivity (Wildman–Crippen MR) is 75.2 cm³/mol. The Labute approximate surface area is 114 Å². The topological polar surface area (TPSA) is 66.6 Å². The van der Waals surface area contributed by atoms with Crippen LogP contribution in [0.2, 0.25) is 0 Å². The van der Waals surface area contributed by atoms with Crippen molar-refractivity contribution in [3.63, 3.8) is 0 Å². The summed E-state index contributed by atoms with van der Waals surface area (Å²) in [6, 6.07) is 7.50. The third-order valence-corrected chi connectivity index (χ3v) is 5.73. The van der Waals surface area contributed by atoms with Crippen LogP contribution < -0.4 is 10.0 Å². The van der Waals surface area contributed by atoms with Gasteiger partial charge in [-0.3, -0.25) is 4.31 Å². The summed E-state index contributed by atoms with van der Waals surface area (Å²) in [4.78, 5) is 0. The summed E-state index contributed by atoms with van der Waals surface area (Å²) < 4.78 is 28.4. The van der Waals surface area contributed by atoms with Crippen molar-refractivity contribution in [3.05, 3.63) is 29.8 Å². The van der Waals surface area contributed by atoms with Crippen LogP contribution >= 0.6 is 0 Å². The van der Waals surface area contributed by atoms with E-state index >= 15 is 0 Å². The molecule has 0 aliphatic carbocycles. The van der Waals surface area contributed by atoms with Gasteiger partial charge in [-0.15, -0.1) is 0 Å². The number of fused-ring (bicyclic) bond motifs is 1. The highest BCUT2D eigenvalue weighted by molar-refractivity contribution is 7.90. The lowest BCUT2D eigenvalue weighted by Gasteiger charge is -2.35. The van der Waals surface area contributed by atoms with Crippen LogP contribution in [0.4, 0.5) is 5.69 Å². The molecule has 3 rings (SSSR count). The highest BCUT2D eigenvalue weighted by Gasteiger charge is 2.35. The standard InChI is InChI=1S/C13H19N3O2S/c14-12-9-11-5-1-2-6-13(11)16(10-12)19(17,18)15-7-3-4-8-15/h1-2,5-6,12H,3-4,7-10,14H2. The molecule has 6 heteroatoms. The summed E-state index contributed by atoms with van der Waals surface area (Å²) in [6.45, 7) is 1.61. The molecule has 0 saturated carbocycles. The number of nitrogens with two attached hydrogens (primary N) is 1. The molecule has 1 fully saturated rings. The molecule has 0 amide bonds. The van der Waals surface area contributed by atoms with Crippen LogP contribution in [0.15, 0.2) is 24.3 Å². The van der Waals surface area contributed by atoms with Gasteiger partial charge >= 0.3 is 10.2 Å². The number of para-hydroxylation sites is 1. The first-order chi connectivity index (χ1) is 9.09. The number of anilines is 1. The van der Waals surface area contributed by atoms with Gasteiger partial charge in [0.05, 0.1) is 12.2 Å². The molecule has 19 heavy (non-hydrogen) atoms. The summed E-state index contributed by atoms with van der Waals surface area (Å²) >= 11 is 0. The third kappa shape index (κ3) is 2.24. The highest BCUT2D eigenvalue weighted by atomic mass is 32.2. The van der Waals surface area contributed by atoms with Gasteiger partial charge in [-0.2, -0.15) is 12.7 Å². The molecule has 1 aromatic carbocycles. The van der Waals surface area contributed by atoms with Crippen molar-refractivity contribution in [1.29, 1.82) is 0 Å². The van der Waals surface area contributed by atoms with Gasteiger partial charge in [-0.1, -0.05) is 18.2 Å². The summed E-state index contributed by atoms with van der Waals surface area (Å²) in [5.74, 6) is 0. The zero-order valence-electron chi connectivity index (χ0n) is 10.8. The number of hydrogen-bond donors (Lipinski definition) is 1. The van der Waals surface area contributed by atoms with Gasteiger partial charge < -0.3 is 5.73 Å². The van der Waals surface area contributed by atoms with E-state index in [-0.39, 0.29) is 6.04 Å². The second-order valence-corrected chi connectivity index (χ2v) is 7.09. The maximum absolute atomic E-state index is 12.7. The lowest BCUT2D eigenvalue weighted by molar-refractivity contribution is 0.468. The number of rotatable bonds is 2. The molecular weight excluding hydrogens is 262 g/mol. The van der Waals surface area contributed by atoms with E-state index in [1.165, 1.54) is 4.31 Å². The zero-order valence-corrected chi connectivity index (χ0v) is 11.6. The molecule has 0 spiro atoms. The molecule has 2 N–H and O–H groups in total. The summed E-state index contributed by atoms with van der Waals surface area (Å²) in [5, 5.41) is 0. The average Bonchev–Trinajstić information content (AvgIpc) is 2.92. The van der Waals surface area contributed by atoms with E-state index in [9.17, 15) is 8.42 Å². The van der Waals surface area contributed by atoms with Crippen molar-refractivity contribution in [2.75, 3.05) is 23.9 Å².